The van der Waals surface area contributed by atoms with Gasteiger partial charge in [0.05, 0.1) is 12.2 Å². The summed E-state index contributed by atoms with van der Waals surface area (Å²) in [6.07, 6.45) is 10.0. The summed E-state index contributed by atoms with van der Waals surface area (Å²) in [5, 5.41) is 6.99. The molecule has 0 radical (unpaired) electrons. The zero-order valence-electron chi connectivity index (χ0n) is 12.4. The van der Waals surface area contributed by atoms with Crippen molar-refractivity contribution in [3.8, 4) is 0 Å². The quantitative estimate of drug-likeness (QED) is 0.724. The normalized spacial score (nSPS) is 44.1. The van der Waals surface area contributed by atoms with Crippen molar-refractivity contribution in [1.29, 1.82) is 0 Å². The fourth-order valence-electron chi connectivity index (χ4n) is 3.82. The van der Waals surface area contributed by atoms with Crippen LogP contribution in [0.25, 0.3) is 0 Å². The molecule has 3 atom stereocenters. The second-order valence-corrected chi connectivity index (χ2v) is 7.09. The van der Waals surface area contributed by atoms with E-state index in [0.29, 0.717) is 23.8 Å². The molecule has 0 aromatic rings. The molecule has 0 amide bonds. The first-order valence-electron chi connectivity index (χ1n) is 7.87. The lowest BCUT2D eigenvalue weighted by Gasteiger charge is -2.46. The van der Waals surface area contributed by atoms with E-state index in [9.17, 15) is 0 Å². The highest BCUT2D eigenvalue weighted by Crippen LogP contribution is 2.41. The van der Waals surface area contributed by atoms with Gasteiger partial charge in [-0.25, -0.2) is 0 Å². The Kier molecular flexibility index (Phi) is 3.61. The first-order valence-corrected chi connectivity index (χ1v) is 7.87. The maximum atomic E-state index is 5.60. The Bertz CT molecular complexity index is 349. The predicted molar refractivity (Wildman–Crippen MR) is 78.0 cm³/mol. The number of epoxide rings is 1. The van der Waals surface area contributed by atoms with Crippen LogP contribution in [0.4, 0.5) is 0 Å². The Hall–Kier alpha value is -0.540. The van der Waals surface area contributed by atoms with Gasteiger partial charge in [-0.05, 0) is 64.8 Å². The van der Waals surface area contributed by atoms with Crippen LogP contribution in [0.15, 0.2) is 12.3 Å². The zero-order chi connectivity index (χ0) is 13.5. The summed E-state index contributed by atoms with van der Waals surface area (Å²) in [5.74, 6) is 0.867. The number of fused-ring (bicyclic) bond motifs is 1. The van der Waals surface area contributed by atoms with Crippen molar-refractivity contribution in [2.45, 2.75) is 75.7 Å². The van der Waals surface area contributed by atoms with Crippen molar-refractivity contribution in [2.24, 2.45) is 5.92 Å². The smallest absolute Gasteiger partial charge is 0.0844 e. The molecule has 3 aliphatic rings. The minimum Gasteiger partial charge on any atom is -0.386 e. The first kappa shape index (κ1) is 13.4. The Morgan fingerprint density at radius 3 is 2.79 bits per heavy atom. The van der Waals surface area contributed by atoms with Gasteiger partial charge in [-0.2, -0.15) is 0 Å². The molecular weight excluding hydrogens is 236 g/mol. The van der Waals surface area contributed by atoms with E-state index >= 15 is 0 Å². The van der Waals surface area contributed by atoms with Gasteiger partial charge in [0.25, 0.3) is 0 Å². The van der Waals surface area contributed by atoms with Gasteiger partial charge in [-0.15, -0.1) is 0 Å². The lowest BCUT2D eigenvalue weighted by molar-refractivity contribution is 0.166. The summed E-state index contributed by atoms with van der Waals surface area (Å²) < 4.78 is 5.60. The monoisotopic (exact) mass is 264 g/mol. The number of nitrogens with one attached hydrogen (secondary N) is 2. The Labute approximate surface area is 117 Å². The summed E-state index contributed by atoms with van der Waals surface area (Å²) in [5.41, 5.74) is 1.58. The van der Waals surface area contributed by atoms with Crippen molar-refractivity contribution in [3.05, 3.63) is 12.3 Å². The van der Waals surface area contributed by atoms with Gasteiger partial charge < -0.3 is 15.4 Å². The van der Waals surface area contributed by atoms with Crippen LogP contribution >= 0.6 is 0 Å². The van der Waals surface area contributed by atoms with Crippen molar-refractivity contribution >= 4 is 0 Å². The lowest BCUT2D eigenvalue weighted by atomic mass is 9.74. The maximum absolute atomic E-state index is 5.60. The maximum Gasteiger partial charge on any atom is 0.0844 e. The van der Waals surface area contributed by atoms with Gasteiger partial charge in [0.15, 0.2) is 0 Å². The molecule has 19 heavy (non-hydrogen) atoms. The van der Waals surface area contributed by atoms with Crippen molar-refractivity contribution in [3.63, 3.8) is 0 Å². The number of ether oxygens (including phenoxy) is 1. The number of rotatable bonds is 6. The molecule has 3 rings (SSSR count). The van der Waals surface area contributed by atoms with Crippen LogP contribution < -0.4 is 10.6 Å². The van der Waals surface area contributed by atoms with Crippen LogP contribution in [-0.4, -0.2) is 30.8 Å². The molecule has 0 bridgehead atoms. The van der Waals surface area contributed by atoms with Crippen LogP contribution in [0.5, 0.6) is 0 Å². The van der Waals surface area contributed by atoms with Gasteiger partial charge in [-0.1, -0.05) is 6.58 Å². The second kappa shape index (κ2) is 5.10. The molecule has 2 aliphatic carbocycles. The Morgan fingerprint density at radius 1 is 1.32 bits per heavy atom. The highest BCUT2D eigenvalue weighted by molar-refractivity contribution is 5.06. The molecule has 3 fully saturated rings. The van der Waals surface area contributed by atoms with E-state index in [1.165, 1.54) is 44.2 Å². The van der Waals surface area contributed by atoms with Crippen LogP contribution in [-0.2, 0) is 4.74 Å². The van der Waals surface area contributed by atoms with E-state index in [1.54, 1.807) is 0 Å². The largest absolute Gasteiger partial charge is 0.386 e. The van der Waals surface area contributed by atoms with E-state index in [4.69, 9.17) is 4.74 Å². The van der Waals surface area contributed by atoms with E-state index in [2.05, 4.69) is 31.2 Å². The average molecular weight is 264 g/mol. The molecule has 3 heteroatoms. The molecule has 1 aliphatic heterocycles. The fourth-order valence-corrected chi connectivity index (χ4v) is 3.82. The minimum absolute atomic E-state index is 0.347. The third-order valence-electron chi connectivity index (χ3n) is 5.37. The summed E-state index contributed by atoms with van der Waals surface area (Å²) in [6, 6.07) is 0.632. The second-order valence-electron chi connectivity index (χ2n) is 7.09. The topological polar surface area (TPSA) is 36.6 Å². The molecule has 1 heterocycles. The summed E-state index contributed by atoms with van der Waals surface area (Å²) in [7, 11) is 2.06. The molecule has 0 spiro atoms. The van der Waals surface area contributed by atoms with E-state index in [1.807, 2.05) is 0 Å². The number of allylic oxidation sites excluding steroid dienone is 1. The third-order valence-corrected chi connectivity index (χ3v) is 5.37. The fraction of sp³-hybridized carbons (Fsp3) is 0.875. The molecule has 3 unspecified atom stereocenters. The van der Waals surface area contributed by atoms with Crippen molar-refractivity contribution in [2.75, 3.05) is 7.05 Å². The highest BCUT2D eigenvalue weighted by Gasteiger charge is 2.43. The summed E-state index contributed by atoms with van der Waals surface area (Å²) in [4.78, 5) is 0. The van der Waals surface area contributed by atoms with Gasteiger partial charge in [0, 0.05) is 17.3 Å². The average Bonchev–Trinajstić information content (AvgIpc) is 3.12. The van der Waals surface area contributed by atoms with E-state index < -0.39 is 0 Å². The van der Waals surface area contributed by atoms with Gasteiger partial charge >= 0.3 is 0 Å². The minimum atomic E-state index is 0.347. The van der Waals surface area contributed by atoms with Crippen LogP contribution in [0.2, 0.25) is 0 Å². The lowest BCUT2D eigenvalue weighted by Crippen LogP contribution is -2.58. The summed E-state index contributed by atoms with van der Waals surface area (Å²) >= 11 is 0. The van der Waals surface area contributed by atoms with Crippen molar-refractivity contribution < 1.29 is 4.74 Å². The van der Waals surface area contributed by atoms with Crippen LogP contribution in [0.3, 0.4) is 0 Å². The summed E-state index contributed by atoms with van der Waals surface area (Å²) in [6.45, 7) is 6.49. The molecule has 0 aromatic heterocycles. The molecule has 108 valence electrons. The van der Waals surface area contributed by atoms with Gasteiger partial charge in [0.1, 0.15) is 0 Å². The van der Waals surface area contributed by atoms with E-state index in [0.717, 1.165) is 12.3 Å². The van der Waals surface area contributed by atoms with Crippen LogP contribution in [0, 0.1) is 5.92 Å². The molecule has 0 aromatic carbocycles. The Balaban J connectivity index is 1.31. The standard InChI is InChI=1S/C16H28N2O/c1-11(18-13-9-16(2,10-13)17-3)4-5-12-6-7-14-15(8-12)19-14/h12-15,17-18H,1,4-10H2,2-3H3. The van der Waals surface area contributed by atoms with Crippen LogP contribution in [0.1, 0.15) is 51.9 Å². The molecular formula is C16H28N2O. The molecule has 2 saturated carbocycles. The predicted octanol–water partition coefficient (Wildman–Crippen LogP) is 2.58. The molecule has 2 N–H and O–H groups in total. The molecule has 1 saturated heterocycles. The zero-order valence-corrected chi connectivity index (χ0v) is 12.4. The van der Waals surface area contributed by atoms with Gasteiger partial charge in [0.2, 0.25) is 0 Å². The molecule has 3 nitrogen and oxygen atoms in total. The first-order chi connectivity index (χ1) is 9.08. The van der Waals surface area contributed by atoms with E-state index in [-0.39, 0.29) is 0 Å². The SMILES string of the molecule is C=C(CCC1CCC2OC2C1)NC1CC(C)(NC)C1. The Morgan fingerprint density at radius 2 is 2.11 bits per heavy atom. The number of hydrogen-bond donors (Lipinski definition) is 2. The van der Waals surface area contributed by atoms with Gasteiger partial charge in [-0.3, -0.25) is 0 Å². The third kappa shape index (κ3) is 3.14. The van der Waals surface area contributed by atoms with Crippen molar-refractivity contribution in [1.82, 2.24) is 10.6 Å². The number of hydrogen-bond acceptors (Lipinski definition) is 3. The highest BCUT2D eigenvalue weighted by atomic mass is 16.6.